The Hall–Kier alpha value is -2.60. The Morgan fingerprint density at radius 1 is 0.972 bits per heavy atom. The SMILES string of the molecule is C=C1C=CC(C)C(=C)C1CC1=Cc2cccc(-c3cc(C)cc(C(C)C)c3CC3CCCCC3)c2C1. The summed E-state index contributed by atoms with van der Waals surface area (Å²) in [6, 6.07) is 11.9. The molecule has 5 rings (SSSR count). The van der Waals surface area contributed by atoms with E-state index in [-0.39, 0.29) is 0 Å². The molecule has 0 heteroatoms. The Bertz CT molecular complexity index is 1220. The molecule has 3 aliphatic carbocycles. The van der Waals surface area contributed by atoms with Crippen molar-refractivity contribution in [2.24, 2.45) is 17.8 Å². The van der Waals surface area contributed by atoms with Gasteiger partial charge in [-0.25, -0.2) is 0 Å². The van der Waals surface area contributed by atoms with Gasteiger partial charge in [-0.15, -0.1) is 0 Å². The Kier molecular flexibility index (Phi) is 7.25. The number of aryl methyl sites for hydroxylation is 1. The van der Waals surface area contributed by atoms with E-state index in [0.29, 0.717) is 17.8 Å². The van der Waals surface area contributed by atoms with Crippen LogP contribution in [-0.4, -0.2) is 0 Å². The van der Waals surface area contributed by atoms with Crippen molar-refractivity contribution in [2.45, 2.75) is 85.0 Å². The topological polar surface area (TPSA) is 0 Å². The predicted molar refractivity (Wildman–Crippen MR) is 157 cm³/mol. The van der Waals surface area contributed by atoms with Crippen LogP contribution in [0.3, 0.4) is 0 Å². The lowest BCUT2D eigenvalue weighted by molar-refractivity contribution is 0.356. The molecular formula is C36H44. The van der Waals surface area contributed by atoms with Crippen molar-refractivity contribution in [3.63, 3.8) is 0 Å². The molecule has 0 heterocycles. The second-order valence-corrected chi connectivity index (χ2v) is 12.2. The lowest BCUT2D eigenvalue weighted by Crippen LogP contribution is -2.15. The van der Waals surface area contributed by atoms with Crippen LogP contribution in [0.4, 0.5) is 0 Å². The molecule has 0 radical (unpaired) electrons. The molecule has 2 aromatic rings. The highest BCUT2D eigenvalue weighted by Gasteiger charge is 2.27. The maximum atomic E-state index is 4.45. The van der Waals surface area contributed by atoms with E-state index in [0.717, 1.165) is 18.8 Å². The van der Waals surface area contributed by atoms with Gasteiger partial charge in [-0.05, 0) is 82.9 Å². The van der Waals surface area contributed by atoms with E-state index < -0.39 is 0 Å². The summed E-state index contributed by atoms with van der Waals surface area (Å²) in [4.78, 5) is 0. The van der Waals surface area contributed by atoms with E-state index in [1.807, 2.05) is 0 Å². The molecule has 0 N–H and O–H groups in total. The van der Waals surface area contributed by atoms with Gasteiger partial charge in [-0.2, -0.15) is 0 Å². The summed E-state index contributed by atoms with van der Waals surface area (Å²) in [5, 5.41) is 0. The van der Waals surface area contributed by atoms with Gasteiger partial charge in [0.05, 0.1) is 0 Å². The Labute approximate surface area is 219 Å². The minimum Gasteiger partial charge on any atom is -0.0986 e. The van der Waals surface area contributed by atoms with Gasteiger partial charge in [0.1, 0.15) is 0 Å². The molecule has 0 spiro atoms. The van der Waals surface area contributed by atoms with Gasteiger partial charge in [0.2, 0.25) is 0 Å². The lowest BCUT2D eigenvalue weighted by Gasteiger charge is -2.28. The Morgan fingerprint density at radius 3 is 2.50 bits per heavy atom. The summed E-state index contributed by atoms with van der Waals surface area (Å²) < 4.78 is 0. The molecule has 2 atom stereocenters. The number of rotatable bonds is 6. The molecule has 2 aromatic carbocycles. The first-order chi connectivity index (χ1) is 17.3. The third-order valence-corrected chi connectivity index (χ3v) is 9.08. The number of hydrogen-bond acceptors (Lipinski definition) is 0. The molecule has 0 aliphatic heterocycles. The minimum absolute atomic E-state index is 0.363. The van der Waals surface area contributed by atoms with Crippen LogP contribution in [-0.2, 0) is 12.8 Å². The third-order valence-electron chi connectivity index (χ3n) is 9.08. The van der Waals surface area contributed by atoms with Gasteiger partial charge >= 0.3 is 0 Å². The molecule has 0 amide bonds. The van der Waals surface area contributed by atoms with Crippen molar-refractivity contribution in [3.05, 3.63) is 100 Å². The molecule has 1 fully saturated rings. The van der Waals surface area contributed by atoms with E-state index in [2.05, 4.69) is 89.4 Å². The van der Waals surface area contributed by atoms with Gasteiger partial charge in [0.15, 0.2) is 0 Å². The molecule has 0 saturated heterocycles. The summed E-state index contributed by atoms with van der Waals surface area (Å²) >= 11 is 0. The van der Waals surface area contributed by atoms with Crippen molar-refractivity contribution in [1.82, 2.24) is 0 Å². The first-order valence-corrected chi connectivity index (χ1v) is 14.3. The highest BCUT2D eigenvalue weighted by Crippen LogP contribution is 2.43. The van der Waals surface area contributed by atoms with Crippen LogP contribution in [0.25, 0.3) is 17.2 Å². The van der Waals surface area contributed by atoms with Crippen molar-refractivity contribution in [1.29, 1.82) is 0 Å². The van der Waals surface area contributed by atoms with Crippen LogP contribution in [0.15, 0.2) is 72.4 Å². The molecule has 36 heavy (non-hydrogen) atoms. The quantitative estimate of drug-likeness (QED) is 0.364. The minimum atomic E-state index is 0.363. The molecule has 3 aliphatic rings. The first-order valence-electron chi connectivity index (χ1n) is 14.3. The van der Waals surface area contributed by atoms with Crippen molar-refractivity contribution >= 4 is 6.08 Å². The molecule has 0 aromatic heterocycles. The zero-order valence-corrected chi connectivity index (χ0v) is 23.0. The normalized spacial score (nSPS) is 22.3. The molecule has 0 nitrogen and oxygen atoms in total. The zero-order chi connectivity index (χ0) is 25.4. The zero-order valence-electron chi connectivity index (χ0n) is 23.0. The average Bonchev–Trinajstić information content (AvgIpc) is 3.28. The standard InChI is InChI=1S/C36H44/c1-23(2)32-17-24(3)18-35(36(32)20-28-11-8-7-9-12-28)31-14-10-13-30-19-29(22-34(30)31)21-33-26(5)16-15-25(4)27(33)6/h10,13-19,23,25,28,33H,5-9,11-12,20-22H2,1-4H3. The van der Waals surface area contributed by atoms with Crippen molar-refractivity contribution < 1.29 is 0 Å². The summed E-state index contributed by atoms with van der Waals surface area (Å²) in [6.45, 7) is 18.1. The predicted octanol–water partition coefficient (Wildman–Crippen LogP) is 10.2. The lowest BCUT2D eigenvalue weighted by atomic mass is 9.76. The fraction of sp³-hybridized carbons (Fsp3) is 0.444. The van der Waals surface area contributed by atoms with Gasteiger partial charge < -0.3 is 0 Å². The molecule has 2 unspecified atom stereocenters. The maximum Gasteiger partial charge on any atom is 0.00826 e. The van der Waals surface area contributed by atoms with E-state index in [1.165, 1.54) is 83.1 Å². The first kappa shape index (κ1) is 25.1. The van der Waals surface area contributed by atoms with Crippen LogP contribution in [0.5, 0.6) is 0 Å². The fourth-order valence-corrected chi connectivity index (χ4v) is 6.91. The van der Waals surface area contributed by atoms with E-state index in [4.69, 9.17) is 0 Å². The van der Waals surface area contributed by atoms with Gasteiger partial charge in [-0.1, -0.05) is 131 Å². The summed E-state index contributed by atoms with van der Waals surface area (Å²) in [7, 11) is 0. The molecule has 1 saturated carbocycles. The maximum absolute atomic E-state index is 4.45. The number of allylic oxidation sites excluding steroid dienone is 5. The van der Waals surface area contributed by atoms with Crippen molar-refractivity contribution in [3.8, 4) is 11.1 Å². The van der Waals surface area contributed by atoms with Gasteiger partial charge in [0, 0.05) is 5.92 Å². The highest BCUT2D eigenvalue weighted by molar-refractivity contribution is 5.80. The summed E-state index contributed by atoms with van der Waals surface area (Å²) in [5.41, 5.74) is 14.5. The average molecular weight is 477 g/mol. The van der Waals surface area contributed by atoms with Crippen LogP contribution in [0, 0.1) is 24.7 Å². The molecule has 0 bridgehead atoms. The van der Waals surface area contributed by atoms with Crippen LogP contribution in [0.1, 0.15) is 93.0 Å². The number of fused-ring (bicyclic) bond motifs is 1. The van der Waals surface area contributed by atoms with Crippen LogP contribution < -0.4 is 0 Å². The third kappa shape index (κ3) is 4.97. The number of benzene rings is 2. The second kappa shape index (κ2) is 10.4. The van der Waals surface area contributed by atoms with Crippen molar-refractivity contribution in [2.75, 3.05) is 0 Å². The largest absolute Gasteiger partial charge is 0.0986 e. The van der Waals surface area contributed by atoms with Gasteiger partial charge in [0.25, 0.3) is 0 Å². The Morgan fingerprint density at radius 2 is 1.75 bits per heavy atom. The fourth-order valence-electron chi connectivity index (χ4n) is 6.91. The smallest absolute Gasteiger partial charge is 0.00826 e. The van der Waals surface area contributed by atoms with Gasteiger partial charge in [-0.3, -0.25) is 0 Å². The summed E-state index contributed by atoms with van der Waals surface area (Å²) in [6.07, 6.45) is 17.3. The second-order valence-electron chi connectivity index (χ2n) is 12.2. The molecular weight excluding hydrogens is 432 g/mol. The monoisotopic (exact) mass is 476 g/mol. The molecule has 188 valence electrons. The highest BCUT2D eigenvalue weighted by atomic mass is 14.3. The van der Waals surface area contributed by atoms with Crippen LogP contribution >= 0.6 is 0 Å². The summed E-state index contributed by atoms with van der Waals surface area (Å²) in [5.74, 6) is 2.18. The Balaban J connectivity index is 1.49. The van der Waals surface area contributed by atoms with E-state index in [1.54, 1.807) is 11.1 Å². The van der Waals surface area contributed by atoms with E-state index in [9.17, 15) is 0 Å². The van der Waals surface area contributed by atoms with E-state index >= 15 is 0 Å². The number of hydrogen-bond donors (Lipinski definition) is 0. The van der Waals surface area contributed by atoms with Crippen LogP contribution in [0.2, 0.25) is 0 Å².